The molecule has 2 rings (SSSR count). The molecule has 0 aliphatic carbocycles. The normalized spacial score (nSPS) is 10.9. The number of benzene rings is 2. The van der Waals surface area contributed by atoms with Gasteiger partial charge >= 0.3 is 6.61 Å². The van der Waals surface area contributed by atoms with Crippen LogP contribution in [0.3, 0.4) is 0 Å². The maximum absolute atomic E-state index is 12.3. The summed E-state index contributed by atoms with van der Waals surface area (Å²) in [5.74, 6) is -0.138. The van der Waals surface area contributed by atoms with Crippen LogP contribution in [0.5, 0.6) is 5.75 Å². The minimum absolute atomic E-state index is 0.0214. The van der Waals surface area contributed by atoms with E-state index < -0.39 is 6.61 Å². The lowest BCUT2D eigenvalue weighted by Crippen LogP contribution is -2.02. The van der Waals surface area contributed by atoms with Gasteiger partial charge in [0.05, 0.1) is 20.1 Å². The minimum atomic E-state index is -2.97. The second-order valence-corrected chi connectivity index (χ2v) is 5.26. The molecule has 0 spiro atoms. The molecule has 0 saturated heterocycles. The van der Waals surface area contributed by atoms with Crippen molar-refractivity contribution in [1.29, 1.82) is 0 Å². The number of hydrogen-bond acceptors (Lipinski definition) is 1. The SMILES string of the molecule is FC(F)Oc1cccc(-c2ccc(Cl)c(Cl)c2Cl)c1Cl. The molecule has 0 aliphatic heterocycles. The van der Waals surface area contributed by atoms with E-state index in [0.717, 1.165) is 0 Å². The molecule has 0 fully saturated rings. The molecule has 0 radical (unpaired) electrons. The third kappa shape index (κ3) is 3.12. The molecule has 0 bridgehead atoms. The fourth-order valence-corrected chi connectivity index (χ4v) is 2.55. The topological polar surface area (TPSA) is 9.23 Å². The lowest BCUT2D eigenvalue weighted by Gasteiger charge is -2.12. The van der Waals surface area contributed by atoms with E-state index in [-0.39, 0.29) is 25.8 Å². The Morgan fingerprint density at radius 2 is 1.45 bits per heavy atom. The van der Waals surface area contributed by atoms with Crippen LogP contribution in [0.4, 0.5) is 8.78 Å². The van der Waals surface area contributed by atoms with Gasteiger partial charge in [0, 0.05) is 11.1 Å². The highest BCUT2D eigenvalue weighted by Crippen LogP contribution is 2.43. The fraction of sp³-hybridized carbons (Fsp3) is 0.0769. The van der Waals surface area contributed by atoms with Gasteiger partial charge in [-0.3, -0.25) is 0 Å². The molecule has 7 heteroatoms. The molecule has 2 aromatic rings. The van der Waals surface area contributed by atoms with Crippen molar-refractivity contribution in [1.82, 2.24) is 0 Å². The molecule has 1 nitrogen and oxygen atoms in total. The lowest BCUT2D eigenvalue weighted by atomic mass is 10.1. The number of rotatable bonds is 3. The summed E-state index contributed by atoms with van der Waals surface area (Å²) in [5, 5.41) is 0.668. The van der Waals surface area contributed by atoms with Gasteiger partial charge in [0.1, 0.15) is 5.75 Å². The Morgan fingerprint density at radius 1 is 0.800 bits per heavy atom. The summed E-state index contributed by atoms with van der Waals surface area (Å²) in [6.07, 6.45) is 0. The predicted molar refractivity (Wildman–Crippen MR) is 78.6 cm³/mol. The molecule has 0 N–H and O–H groups in total. The van der Waals surface area contributed by atoms with Crippen LogP contribution in [0.2, 0.25) is 20.1 Å². The van der Waals surface area contributed by atoms with Crippen LogP contribution in [-0.4, -0.2) is 6.61 Å². The first-order valence-electron chi connectivity index (χ1n) is 5.29. The van der Waals surface area contributed by atoms with Crippen LogP contribution in [0, 0.1) is 0 Å². The van der Waals surface area contributed by atoms with Crippen LogP contribution < -0.4 is 4.74 Å². The molecule has 0 amide bonds. The largest absolute Gasteiger partial charge is 0.433 e. The molecule has 0 unspecified atom stereocenters. The Hall–Kier alpha value is -0.740. The maximum Gasteiger partial charge on any atom is 0.387 e. The molecule has 2 aromatic carbocycles. The van der Waals surface area contributed by atoms with Crippen molar-refractivity contribution < 1.29 is 13.5 Å². The van der Waals surface area contributed by atoms with Gasteiger partial charge < -0.3 is 4.74 Å². The number of ether oxygens (including phenoxy) is 1. The fourth-order valence-electron chi connectivity index (χ4n) is 1.64. The van der Waals surface area contributed by atoms with E-state index in [0.29, 0.717) is 11.1 Å². The minimum Gasteiger partial charge on any atom is -0.433 e. The molecule has 0 aromatic heterocycles. The van der Waals surface area contributed by atoms with Crippen molar-refractivity contribution in [2.45, 2.75) is 6.61 Å². The van der Waals surface area contributed by atoms with Gasteiger partial charge in [-0.25, -0.2) is 0 Å². The molecular weight excluding hydrogens is 352 g/mol. The van der Waals surface area contributed by atoms with Crippen LogP contribution in [0.25, 0.3) is 11.1 Å². The summed E-state index contributed by atoms with van der Waals surface area (Å²) in [6.45, 7) is -2.97. The van der Waals surface area contributed by atoms with Gasteiger partial charge in [-0.1, -0.05) is 64.6 Å². The number of hydrogen-bond donors (Lipinski definition) is 0. The first-order valence-corrected chi connectivity index (χ1v) is 6.80. The Kier molecular flexibility index (Phi) is 4.97. The van der Waals surface area contributed by atoms with E-state index in [1.807, 2.05) is 0 Å². The average molecular weight is 358 g/mol. The zero-order chi connectivity index (χ0) is 14.9. The van der Waals surface area contributed by atoms with E-state index in [1.54, 1.807) is 18.2 Å². The summed E-state index contributed by atoms with van der Waals surface area (Å²) in [6, 6.07) is 7.62. The van der Waals surface area contributed by atoms with Gasteiger partial charge in [0.15, 0.2) is 0 Å². The lowest BCUT2D eigenvalue weighted by molar-refractivity contribution is -0.0497. The van der Waals surface area contributed by atoms with E-state index in [2.05, 4.69) is 4.74 Å². The predicted octanol–water partition coefficient (Wildman–Crippen LogP) is 6.57. The standard InChI is InChI=1S/C13H6Cl4F2O/c14-8-5-4-7(11(16)12(8)17)6-2-1-3-9(10(6)15)20-13(18)19/h1-5,13H. The Bertz CT molecular complexity index is 647. The van der Waals surface area contributed by atoms with Crippen molar-refractivity contribution >= 4 is 46.4 Å². The molecule has 106 valence electrons. The second-order valence-electron chi connectivity index (χ2n) is 3.72. The quantitative estimate of drug-likeness (QED) is 0.564. The highest BCUT2D eigenvalue weighted by molar-refractivity contribution is 6.49. The van der Waals surface area contributed by atoms with Crippen LogP contribution in [0.1, 0.15) is 0 Å². The van der Waals surface area contributed by atoms with Crippen molar-refractivity contribution in [2.75, 3.05) is 0 Å². The first kappa shape index (κ1) is 15.6. The van der Waals surface area contributed by atoms with Gasteiger partial charge in [0.2, 0.25) is 0 Å². The summed E-state index contributed by atoms with van der Waals surface area (Å²) >= 11 is 23.9. The van der Waals surface area contributed by atoms with E-state index >= 15 is 0 Å². The second kappa shape index (κ2) is 6.35. The maximum atomic E-state index is 12.3. The highest BCUT2D eigenvalue weighted by atomic mass is 35.5. The zero-order valence-electron chi connectivity index (χ0n) is 9.64. The van der Waals surface area contributed by atoms with Crippen molar-refractivity contribution in [2.24, 2.45) is 0 Å². The number of halogens is 6. The summed E-state index contributed by atoms with van der Waals surface area (Å²) in [5.41, 5.74) is 0.902. The van der Waals surface area contributed by atoms with E-state index in [9.17, 15) is 8.78 Å². The van der Waals surface area contributed by atoms with Crippen molar-refractivity contribution in [3.8, 4) is 16.9 Å². The molecular formula is C13H6Cl4F2O. The van der Waals surface area contributed by atoms with Crippen molar-refractivity contribution in [3.63, 3.8) is 0 Å². The summed E-state index contributed by atoms with van der Waals surface area (Å²) in [4.78, 5) is 0. The monoisotopic (exact) mass is 356 g/mol. The zero-order valence-corrected chi connectivity index (χ0v) is 12.7. The van der Waals surface area contributed by atoms with Gasteiger partial charge in [-0.05, 0) is 12.1 Å². The molecule has 0 atom stereocenters. The third-order valence-corrected chi connectivity index (χ3v) is 4.19. The summed E-state index contributed by atoms with van der Waals surface area (Å²) in [7, 11) is 0. The van der Waals surface area contributed by atoms with Crippen LogP contribution in [0.15, 0.2) is 30.3 Å². The van der Waals surface area contributed by atoms with Gasteiger partial charge in [-0.15, -0.1) is 0 Å². The van der Waals surface area contributed by atoms with E-state index in [1.165, 1.54) is 12.1 Å². The van der Waals surface area contributed by atoms with E-state index in [4.69, 9.17) is 46.4 Å². The Balaban J connectivity index is 2.56. The molecule has 0 heterocycles. The van der Waals surface area contributed by atoms with Gasteiger partial charge in [-0.2, -0.15) is 8.78 Å². The van der Waals surface area contributed by atoms with Gasteiger partial charge in [0.25, 0.3) is 0 Å². The summed E-state index contributed by atoms with van der Waals surface area (Å²) < 4.78 is 28.9. The Labute approximate surface area is 134 Å². The molecule has 20 heavy (non-hydrogen) atoms. The van der Waals surface area contributed by atoms with Crippen molar-refractivity contribution in [3.05, 3.63) is 50.4 Å². The number of alkyl halides is 2. The Morgan fingerprint density at radius 3 is 2.10 bits per heavy atom. The highest BCUT2D eigenvalue weighted by Gasteiger charge is 2.17. The third-order valence-electron chi connectivity index (χ3n) is 2.50. The van der Waals surface area contributed by atoms with Crippen LogP contribution in [-0.2, 0) is 0 Å². The molecule has 0 aliphatic rings. The average Bonchev–Trinajstić information content (AvgIpc) is 2.39. The smallest absolute Gasteiger partial charge is 0.387 e. The molecule has 0 saturated carbocycles. The first-order chi connectivity index (χ1) is 9.41. The van der Waals surface area contributed by atoms with Crippen LogP contribution >= 0.6 is 46.4 Å².